The van der Waals surface area contributed by atoms with Crippen LogP contribution in [0.15, 0.2) is 70.0 Å². The normalized spacial score (nSPS) is 11.1. The number of aromatic amines is 1. The standard InChI is InChI=1S/C25H21ClN2O6/c1-31-21-11-15(12-22(32-2)24(21)33-3)7-8-19(29)16-5-4-6-17(13-16)28-14-18(27-25(28)30)20-9-10-23(26)34-20/h4-14H,1-3H3,(H,27,30)/b8-7+. The molecule has 0 saturated heterocycles. The van der Waals surface area contributed by atoms with Crippen LogP contribution in [0, 0.1) is 0 Å². The van der Waals surface area contributed by atoms with Crippen LogP contribution in [0.5, 0.6) is 17.2 Å². The number of carbonyl (C=O) groups excluding carboxylic acids is 1. The fraction of sp³-hybridized carbons (Fsp3) is 0.120. The molecule has 0 amide bonds. The minimum Gasteiger partial charge on any atom is -0.493 e. The maximum absolute atomic E-state index is 12.8. The van der Waals surface area contributed by atoms with Crippen LogP contribution in [0.1, 0.15) is 15.9 Å². The number of nitrogens with one attached hydrogen (secondary N) is 1. The number of aromatic nitrogens is 2. The molecule has 4 aromatic rings. The number of ketones is 1. The van der Waals surface area contributed by atoms with Crippen molar-refractivity contribution in [1.82, 2.24) is 9.55 Å². The second-order valence-electron chi connectivity index (χ2n) is 7.15. The highest BCUT2D eigenvalue weighted by Crippen LogP contribution is 2.38. The van der Waals surface area contributed by atoms with Gasteiger partial charge >= 0.3 is 5.69 Å². The van der Waals surface area contributed by atoms with Crippen LogP contribution in [0.3, 0.4) is 0 Å². The Morgan fingerprint density at radius 1 is 1.03 bits per heavy atom. The van der Waals surface area contributed by atoms with Crippen molar-refractivity contribution in [2.24, 2.45) is 0 Å². The Bertz CT molecular complexity index is 1400. The highest BCUT2D eigenvalue weighted by atomic mass is 35.5. The fourth-order valence-electron chi connectivity index (χ4n) is 3.45. The van der Waals surface area contributed by atoms with Crippen molar-refractivity contribution in [3.05, 3.63) is 87.6 Å². The number of methoxy groups -OCH3 is 3. The van der Waals surface area contributed by atoms with E-state index in [0.717, 1.165) is 0 Å². The molecular formula is C25H21ClN2O6. The number of nitrogens with zero attached hydrogens (tertiary/aromatic N) is 1. The van der Waals surface area contributed by atoms with Crippen LogP contribution < -0.4 is 19.9 Å². The third kappa shape index (κ3) is 4.62. The Kier molecular flexibility index (Phi) is 6.60. The SMILES string of the molecule is COc1cc(/C=C/C(=O)c2cccc(-n3cc(-c4ccc(Cl)o4)[nH]c3=O)c2)cc(OC)c1OC. The summed E-state index contributed by atoms with van der Waals surface area (Å²) >= 11 is 5.82. The summed E-state index contributed by atoms with van der Waals surface area (Å²) in [6, 6.07) is 13.5. The molecule has 174 valence electrons. The van der Waals surface area contributed by atoms with Crippen molar-refractivity contribution < 1.29 is 23.4 Å². The van der Waals surface area contributed by atoms with Gasteiger partial charge in [0.25, 0.3) is 0 Å². The molecule has 0 fully saturated rings. The van der Waals surface area contributed by atoms with E-state index in [4.69, 9.17) is 30.2 Å². The van der Waals surface area contributed by atoms with Crippen molar-refractivity contribution in [2.75, 3.05) is 21.3 Å². The summed E-state index contributed by atoms with van der Waals surface area (Å²) in [7, 11) is 4.57. The maximum atomic E-state index is 12.8. The first-order valence-corrected chi connectivity index (χ1v) is 10.5. The van der Waals surface area contributed by atoms with E-state index in [1.807, 2.05) is 0 Å². The van der Waals surface area contributed by atoms with E-state index < -0.39 is 0 Å². The van der Waals surface area contributed by atoms with Gasteiger partial charge in [-0.05, 0) is 59.6 Å². The molecule has 0 aliphatic rings. The van der Waals surface area contributed by atoms with Crippen molar-refractivity contribution in [3.8, 4) is 34.4 Å². The van der Waals surface area contributed by atoms with E-state index in [9.17, 15) is 9.59 Å². The Balaban J connectivity index is 1.60. The molecule has 1 N–H and O–H groups in total. The van der Waals surface area contributed by atoms with E-state index >= 15 is 0 Å². The summed E-state index contributed by atoms with van der Waals surface area (Å²) in [6.07, 6.45) is 4.68. The first kappa shape index (κ1) is 23.0. The van der Waals surface area contributed by atoms with E-state index in [0.29, 0.717) is 45.5 Å². The number of halogens is 1. The van der Waals surface area contributed by atoms with E-state index in [1.54, 1.807) is 60.8 Å². The van der Waals surface area contributed by atoms with Gasteiger partial charge in [-0.25, -0.2) is 4.79 Å². The van der Waals surface area contributed by atoms with Gasteiger partial charge in [0.1, 0.15) is 5.69 Å². The van der Waals surface area contributed by atoms with E-state index in [1.165, 1.54) is 32.0 Å². The summed E-state index contributed by atoms with van der Waals surface area (Å²) in [5.74, 6) is 1.63. The van der Waals surface area contributed by atoms with Crippen LogP contribution >= 0.6 is 11.6 Å². The van der Waals surface area contributed by atoms with Gasteiger partial charge in [0.05, 0.1) is 27.0 Å². The molecule has 8 nitrogen and oxygen atoms in total. The largest absolute Gasteiger partial charge is 0.493 e. The van der Waals surface area contributed by atoms with Crippen LogP contribution in [0.4, 0.5) is 0 Å². The molecule has 0 radical (unpaired) electrons. The monoisotopic (exact) mass is 480 g/mol. The highest BCUT2D eigenvalue weighted by molar-refractivity contribution is 6.29. The van der Waals surface area contributed by atoms with Gasteiger partial charge in [-0.3, -0.25) is 9.36 Å². The molecule has 2 aromatic heterocycles. The molecule has 2 heterocycles. The summed E-state index contributed by atoms with van der Waals surface area (Å²) in [6.45, 7) is 0. The molecule has 9 heteroatoms. The number of benzene rings is 2. The molecule has 34 heavy (non-hydrogen) atoms. The molecule has 0 saturated carbocycles. The number of H-pyrrole nitrogens is 1. The number of rotatable bonds is 8. The summed E-state index contributed by atoms with van der Waals surface area (Å²) in [5, 5.41) is 0.218. The number of furan rings is 1. The number of hydrogen-bond acceptors (Lipinski definition) is 6. The molecular weight excluding hydrogens is 460 g/mol. The first-order chi connectivity index (χ1) is 16.4. The number of hydrogen-bond donors (Lipinski definition) is 1. The lowest BCUT2D eigenvalue weighted by molar-refractivity contribution is 0.104. The fourth-order valence-corrected chi connectivity index (χ4v) is 3.59. The average molecular weight is 481 g/mol. The zero-order valence-electron chi connectivity index (χ0n) is 18.6. The van der Waals surface area contributed by atoms with Crippen molar-refractivity contribution >= 4 is 23.5 Å². The number of carbonyl (C=O) groups is 1. The first-order valence-electron chi connectivity index (χ1n) is 10.1. The Hall–Kier alpha value is -4.17. The molecule has 2 aromatic carbocycles. The smallest absolute Gasteiger partial charge is 0.330 e. The van der Waals surface area contributed by atoms with Gasteiger partial charge in [-0.15, -0.1) is 0 Å². The van der Waals surface area contributed by atoms with Gasteiger partial charge < -0.3 is 23.6 Å². The van der Waals surface area contributed by atoms with Crippen LogP contribution in [0.25, 0.3) is 23.2 Å². The van der Waals surface area contributed by atoms with Gasteiger partial charge in [0.15, 0.2) is 28.3 Å². The minimum atomic E-state index is -0.375. The van der Waals surface area contributed by atoms with Gasteiger partial charge in [0, 0.05) is 11.8 Å². The van der Waals surface area contributed by atoms with Gasteiger partial charge in [-0.1, -0.05) is 18.2 Å². The van der Waals surface area contributed by atoms with Gasteiger partial charge in [0.2, 0.25) is 5.75 Å². The molecule has 4 rings (SSSR count). The molecule has 0 unspecified atom stereocenters. The molecule has 0 aliphatic heterocycles. The number of ether oxygens (including phenoxy) is 3. The van der Waals surface area contributed by atoms with Crippen LogP contribution in [-0.4, -0.2) is 36.7 Å². The lowest BCUT2D eigenvalue weighted by Crippen LogP contribution is -2.14. The lowest BCUT2D eigenvalue weighted by Gasteiger charge is -2.12. The molecule has 0 aliphatic carbocycles. The Labute approximate surface area is 200 Å². The second kappa shape index (κ2) is 9.76. The average Bonchev–Trinajstić information content (AvgIpc) is 3.47. The predicted octanol–water partition coefficient (Wildman–Crippen LogP) is 5.00. The van der Waals surface area contributed by atoms with Crippen molar-refractivity contribution in [2.45, 2.75) is 0 Å². The number of imidazole rings is 1. The van der Waals surface area contributed by atoms with E-state index in [-0.39, 0.29) is 16.7 Å². The Morgan fingerprint density at radius 3 is 2.38 bits per heavy atom. The Morgan fingerprint density at radius 2 is 1.76 bits per heavy atom. The van der Waals surface area contributed by atoms with E-state index in [2.05, 4.69) is 4.98 Å². The minimum absolute atomic E-state index is 0.218. The topological polar surface area (TPSA) is 95.7 Å². The summed E-state index contributed by atoms with van der Waals surface area (Å²) in [4.78, 5) is 28.1. The summed E-state index contributed by atoms with van der Waals surface area (Å²) < 4.78 is 22.8. The third-order valence-corrected chi connectivity index (χ3v) is 5.28. The molecule has 0 bridgehead atoms. The quantitative estimate of drug-likeness (QED) is 0.281. The van der Waals surface area contributed by atoms with Crippen LogP contribution in [0.2, 0.25) is 5.22 Å². The van der Waals surface area contributed by atoms with Gasteiger partial charge in [-0.2, -0.15) is 0 Å². The van der Waals surface area contributed by atoms with Crippen molar-refractivity contribution in [3.63, 3.8) is 0 Å². The van der Waals surface area contributed by atoms with Crippen LogP contribution in [-0.2, 0) is 0 Å². The van der Waals surface area contributed by atoms with Crippen molar-refractivity contribution in [1.29, 1.82) is 0 Å². The second-order valence-corrected chi connectivity index (χ2v) is 7.53. The molecule has 0 atom stereocenters. The zero-order chi connectivity index (χ0) is 24.2. The maximum Gasteiger partial charge on any atom is 0.330 e. The zero-order valence-corrected chi connectivity index (χ0v) is 19.4. The lowest BCUT2D eigenvalue weighted by atomic mass is 10.1. The summed E-state index contributed by atoms with van der Waals surface area (Å²) in [5.41, 5.74) is 1.73. The highest BCUT2D eigenvalue weighted by Gasteiger charge is 2.14. The third-order valence-electron chi connectivity index (χ3n) is 5.08. The predicted molar refractivity (Wildman–Crippen MR) is 129 cm³/mol. The molecule has 0 spiro atoms. The number of allylic oxidation sites excluding steroid dienone is 1.